The summed E-state index contributed by atoms with van der Waals surface area (Å²) >= 11 is 5.89. The van der Waals surface area contributed by atoms with Crippen molar-refractivity contribution in [1.29, 1.82) is 0 Å². The number of aliphatic hydroxyl groups is 1. The zero-order chi connectivity index (χ0) is 23.9. The van der Waals surface area contributed by atoms with Crippen molar-refractivity contribution in [2.75, 3.05) is 12.3 Å². The zero-order valence-electron chi connectivity index (χ0n) is 17.7. The van der Waals surface area contributed by atoms with Crippen molar-refractivity contribution in [3.63, 3.8) is 0 Å². The molecule has 1 aliphatic rings. The van der Waals surface area contributed by atoms with Crippen molar-refractivity contribution in [3.8, 4) is 0 Å². The number of carbonyl (C=O) groups is 1. The molecule has 0 atom stereocenters. The van der Waals surface area contributed by atoms with Gasteiger partial charge in [0.1, 0.15) is 0 Å². The van der Waals surface area contributed by atoms with E-state index in [1.54, 1.807) is 0 Å². The summed E-state index contributed by atoms with van der Waals surface area (Å²) in [5.74, 6) is 0. The highest BCUT2D eigenvalue weighted by Crippen LogP contribution is 2.48. The highest BCUT2D eigenvalue weighted by molar-refractivity contribution is 6.28. The molecule has 3 rings (SSSR count). The Balaban J connectivity index is 0.000000244. The second-order valence-electron chi connectivity index (χ2n) is 7.83. The van der Waals surface area contributed by atoms with Crippen molar-refractivity contribution < 1.29 is 23.1 Å². The highest BCUT2D eigenvalue weighted by Gasteiger charge is 2.41. The number of carbonyl (C=O) groups excluding carboxylic acids is 1. The van der Waals surface area contributed by atoms with Gasteiger partial charge in [-0.2, -0.15) is 13.2 Å². The minimum atomic E-state index is -4.36. The molecule has 0 unspecified atom stereocenters. The Morgan fingerprint density at radius 3 is 2.50 bits per heavy atom. The van der Waals surface area contributed by atoms with Crippen LogP contribution >= 0.6 is 11.6 Å². The number of aryl methyl sites for hydroxylation is 2. The SMILES string of the molecule is Cc1nc(Cl)nc(CCC2(CO)CC2)c1CNC=O.NCc1cc(N)cc(C(F)(F)F)c1. The molecule has 11 heteroatoms. The van der Waals surface area contributed by atoms with E-state index >= 15 is 0 Å². The average Bonchev–Trinajstić information content (AvgIpc) is 3.51. The van der Waals surface area contributed by atoms with Crippen LogP contribution < -0.4 is 16.8 Å². The first-order chi connectivity index (χ1) is 15.0. The summed E-state index contributed by atoms with van der Waals surface area (Å²) in [6.07, 6.45) is 0.0869. The third kappa shape index (κ3) is 7.32. The smallest absolute Gasteiger partial charge is 0.399 e. The maximum atomic E-state index is 12.2. The number of halogens is 4. The number of benzene rings is 1. The highest BCUT2D eigenvalue weighted by atomic mass is 35.5. The van der Waals surface area contributed by atoms with E-state index in [-0.39, 0.29) is 29.5 Å². The van der Waals surface area contributed by atoms with Crippen molar-refractivity contribution in [2.45, 2.75) is 51.9 Å². The van der Waals surface area contributed by atoms with E-state index < -0.39 is 11.7 Å². The Hall–Kier alpha value is -2.43. The summed E-state index contributed by atoms with van der Waals surface area (Å²) < 4.78 is 36.6. The lowest BCUT2D eigenvalue weighted by atomic mass is 9.98. The number of rotatable bonds is 8. The minimum Gasteiger partial charge on any atom is -0.399 e. The fraction of sp³-hybridized carbons (Fsp3) is 0.476. The molecule has 2 aromatic rings. The van der Waals surface area contributed by atoms with Crippen molar-refractivity contribution in [3.05, 3.63) is 51.6 Å². The molecule has 176 valence electrons. The van der Waals surface area contributed by atoms with Gasteiger partial charge in [0.25, 0.3) is 0 Å². The molecular weight excluding hydrogens is 447 g/mol. The van der Waals surface area contributed by atoms with Gasteiger partial charge in [-0.3, -0.25) is 4.79 Å². The lowest BCUT2D eigenvalue weighted by molar-refractivity contribution is -0.137. The zero-order valence-corrected chi connectivity index (χ0v) is 18.4. The Kier molecular flexibility index (Phi) is 8.82. The maximum absolute atomic E-state index is 12.2. The Bertz CT molecular complexity index is 936. The predicted octanol–water partition coefficient (Wildman–Crippen LogP) is 3.14. The van der Waals surface area contributed by atoms with E-state index in [9.17, 15) is 23.1 Å². The number of nitrogens with one attached hydrogen (secondary N) is 1. The molecular formula is C21H27ClF3N5O2. The number of aliphatic hydroxyl groups excluding tert-OH is 1. The van der Waals surface area contributed by atoms with Gasteiger partial charge in [-0.05, 0) is 73.4 Å². The third-order valence-electron chi connectivity index (χ3n) is 5.40. The van der Waals surface area contributed by atoms with Crippen molar-refractivity contribution >= 4 is 23.7 Å². The molecule has 0 saturated heterocycles. The number of nitrogens with two attached hydrogens (primary N) is 2. The van der Waals surface area contributed by atoms with Gasteiger partial charge >= 0.3 is 6.18 Å². The van der Waals surface area contributed by atoms with Gasteiger partial charge in [-0.25, -0.2) is 9.97 Å². The molecule has 0 aliphatic heterocycles. The first-order valence-electron chi connectivity index (χ1n) is 10.00. The number of hydrogen-bond acceptors (Lipinski definition) is 6. The van der Waals surface area contributed by atoms with Crippen LogP contribution in [0.5, 0.6) is 0 Å². The molecule has 1 aliphatic carbocycles. The predicted molar refractivity (Wildman–Crippen MR) is 116 cm³/mol. The molecule has 6 N–H and O–H groups in total. The molecule has 1 fully saturated rings. The average molecular weight is 474 g/mol. The number of aromatic nitrogens is 2. The fourth-order valence-corrected chi connectivity index (χ4v) is 3.48. The van der Waals surface area contributed by atoms with Crippen LogP contribution in [0.15, 0.2) is 18.2 Å². The molecule has 1 amide bonds. The number of anilines is 1. The number of amides is 1. The summed E-state index contributed by atoms with van der Waals surface area (Å²) in [4.78, 5) is 18.8. The monoisotopic (exact) mass is 473 g/mol. The second kappa shape index (κ2) is 10.9. The van der Waals surface area contributed by atoms with Crippen molar-refractivity contribution in [1.82, 2.24) is 15.3 Å². The van der Waals surface area contributed by atoms with Crippen LogP contribution in [0.2, 0.25) is 5.28 Å². The van der Waals surface area contributed by atoms with E-state index in [0.717, 1.165) is 54.8 Å². The molecule has 0 radical (unpaired) electrons. The largest absolute Gasteiger partial charge is 0.416 e. The normalized spacial score (nSPS) is 14.3. The molecule has 7 nitrogen and oxygen atoms in total. The molecule has 0 spiro atoms. The summed E-state index contributed by atoms with van der Waals surface area (Å²) in [6, 6.07) is 3.31. The number of hydrogen-bond donors (Lipinski definition) is 4. The van der Waals surface area contributed by atoms with Gasteiger partial charge in [-0.15, -0.1) is 0 Å². The number of nitrogen functional groups attached to an aromatic ring is 1. The lowest BCUT2D eigenvalue weighted by Crippen LogP contribution is -2.16. The standard InChI is InChI=1S/C13H18ClN3O2.C8H9F3N2/c1-9-10(6-15-8-19)11(17-12(14)16-9)2-3-13(7-18)4-5-13;9-8(10,11)6-1-5(4-12)2-7(13)3-6/h8,18H,2-7H2,1H3,(H,15,19);1-3H,4,12-13H2. The van der Waals surface area contributed by atoms with Gasteiger partial charge in [0, 0.05) is 36.6 Å². The van der Waals surface area contributed by atoms with Crippen LogP contribution in [0.25, 0.3) is 0 Å². The fourth-order valence-electron chi connectivity index (χ4n) is 3.25. The Morgan fingerprint density at radius 1 is 1.28 bits per heavy atom. The van der Waals surface area contributed by atoms with Crippen LogP contribution in [0, 0.1) is 12.3 Å². The van der Waals surface area contributed by atoms with Gasteiger partial charge in [-0.1, -0.05) is 0 Å². The van der Waals surface area contributed by atoms with Crippen LogP contribution in [-0.2, 0) is 30.5 Å². The van der Waals surface area contributed by atoms with E-state index in [1.165, 1.54) is 6.07 Å². The third-order valence-corrected chi connectivity index (χ3v) is 5.57. The minimum absolute atomic E-state index is 0.0497. The molecule has 1 aromatic carbocycles. The summed E-state index contributed by atoms with van der Waals surface area (Å²) in [5, 5.41) is 12.2. The van der Waals surface area contributed by atoms with E-state index in [4.69, 9.17) is 23.1 Å². The lowest BCUT2D eigenvalue weighted by Gasteiger charge is -2.14. The van der Waals surface area contributed by atoms with E-state index in [2.05, 4.69) is 15.3 Å². The summed E-state index contributed by atoms with van der Waals surface area (Å²) in [7, 11) is 0. The van der Waals surface area contributed by atoms with Crippen LogP contribution in [0.4, 0.5) is 18.9 Å². The van der Waals surface area contributed by atoms with Crippen LogP contribution in [0.1, 0.15) is 47.3 Å². The van der Waals surface area contributed by atoms with Gasteiger partial charge < -0.3 is 21.9 Å². The maximum Gasteiger partial charge on any atom is 0.416 e. The van der Waals surface area contributed by atoms with Gasteiger partial charge in [0.2, 0.25) is 11.7 Å². The van der Waals surface area contributed by atoms with Gasteiger partial charge in [0.15, 0.2) is 0 Å². The van der Waals surface area contributed by atoms with Crippen LogP contribution in [-0.4, -0.2) is 28.1 Å². The van der Waals surface area contributed by atoms with E-state index in [1.807, 2.05) is 6.92 Å². The van der Waals surface area contributed by atoms with Gasteiger partial charge in [0.05, 0.1) is 11.3 Å². The number of alkyl halides is 3. The van der Waals surface area contributed by atoms with Crippen LogP contribution in [0.3, 0.4) is 0 Å². The molecule has 1 aromatic heterocycles. The summed E-state index contributed by atoms with van der Waals surface area (Å²) in [5.41, 5.74) is 12.9. The Morgan fingerprint density at radius 2 is 1.97 bits per heavy atom. The quantitative estimate of drug-likeness (QED) is 0.265. The molecule has 1 saturated carbocycles. The summed E-state index contributed by atoms with van der Waals surface area (Å²) in [6.45, 7) is 2.55. The first kappa shape index (κ1) is 25.8. The van der Waals surface area contributed by atoms with E-state index in [0.29, 0.717) is 18.5 Å². The van der Waals surface area contributed by atoms with Crippen molar-refractivity contribution in [2.24, 2.45) is 11.1 Å². The number of nitrogens with zero attached hydrogens (tertiary/aromatic N) is 2. The first-order valence-corrected chi connectivity index (χ1v) is 10.4. The Labute approximate surface area is 189 Å². The molecule has 1 heterocycles. The topological polar surface area (TPSA) is 127 Å². The molecule has 32 heavy (non-hydrogen) atoms. The second-order valence-corrected chi connectivity index (χ2v) is 8.16. The molecule has 0 bridgehead atoms.